The average molecular weight is 699 g/mol. The molecule has 0 unspecified atom stereocenters. The summed E-state index contributed by atoms with van der Waals surface area (Å²) >= 11 is 6.12. The van der Waals surface area contributed by atoms with Crippen LogP contribution in [0.3, 0.4) is 0 Å². The van der Waals surface area contributed by atoms with Crippen LogP contribution in [0.15, 0.2) is 54.7 Å². The number of aromatic nitrogens is 1. The van der Waals surface area contributed by atoms with Gasteiger partial charge in [0, 0.05) is 34.2 Å². The number of fused-ring (bicyclic) bond motifs is 2. The summed E-state index contributed by atoms with van der Waals surface area (Å²) in [6.45, 7) is 10.2. The Labute approximate surface area is 286 Å². The van der Waals surface area contributed by atoms with Crippen molar-refractivity contribution in [2.45, 2.75) is 90.6 Å². The number of benzene rings is 3. The number of ether oxygens (including phenoxy) is 1. The van der Waals surface area contributed by atoms with E-state index in [1.807, 2.05) is 16.7 Å². The number of halogens is 1. The molecule has 10 nitrogen and oxygen atoms in total. The van der Waals surface area contributed by atoms with E-state index in [0.717, 1.165) is 34.5 Å². The molecule has 3 N–H and O–H groups in total. The predicted molar refractivity (Wildman–Crippen MR) is 187 cm³/mol. The lowest BCUT2D eigenvalue weighted by atomic mass is 10.0. The SMILES string of the molecule is CC(C)(C)OP(=O)(OC[C@H](O)CCn1cc(C(=O)COc2cc3ccc(Cl)cc3cc2C(N)=O)c2ccc(C3CC3)cc21)OC(C)(C)C. The van der Waals surface area contributed by atoms with E-state index in [0.29, 0.717) is 23.0 Å². The van der Waals surface area contributed by atoms with Crippen LogP contribution in [0.1, 0.15) is 93.0 Å². The van der Waals surface area contributed by atoms with Gasteiger partial charge in [0.05, 0.1) is 29.5 Å². The zero-order valence-corrected chi connectivity index (χ0v) is 29.9. The Morgan fingerprint density at radius 2 is 1.67 bits per heavy atom. The third kappa shape index (κ3) is 9.26. The van der Waals surface area contributed by atoms with E-state index in [9.17, 15) is 19.3 Å². The van der Waals surface area contributed by atoms with E-state index < -0.39 is 31.0 Å². The van der Waals surface area contributed by atoms with Gasteiger partial charge in [0.1, 0.15) is 5.75 Å². The number of phosphoric acid groups is 1. The third-order valence-corrected chi connectivity index (χ3v) is 9.92. The molecule has 258 valence electrons. The van der Waals surface area contributed by atoms with Crippen molar-refractivity contribution in [3.05, 3.63) is 76.4 Å². The van der Waals surface area contributed by atoms with Crippen molar-refractivity contribution in [1.29, 1.82) is 0 Å². The molecule has 0 saturated heterocycles. The van der Waals surface area contributed by atoms with Crippen LogP contribution in [0.5, 0.6) is 5.75 Å². The van der Waals surface area contributed by atoms with Crippen molar-refractivity contribution in [2.24, 2.45) is 5.73 Å². The molecule has 1 aliphatic rings. The van der Waals surface area contributed by atoms with Gasteiger partial charge in [-0.1, -0.05) is 29.8 Å². The van der Waals surface area contributed by atoms with Crippen molar-refractivity contribution >= 4 is 52.8 Å². The van der Waals surface area contributed by atoms with Gasteiger partial charge in [-0.25, -0.2) is 4.57 Å². The number of nitrogens with zero attached hydrogens (tertiary/aromatic N) is 1. The van der Waals surface area contributed by atoms with Gasteiger partial charge in [0.15, 0.2) is 6.61 Å². The van der Waals surface area contributed by atoms with Gasteiger partial charge in [-0.15, -0.1) is 0 Å². The van der Waals surface area contributed by atoms with Crippen molar-refractivity contribution in [3.63, 3.8) is 0 Å². The third-order valence-electron chi connectivity index (χ3n) is 7.68. The molecule has 1 saturated carbocycles. The summed E-state index contributed by atoms with van der Waals surface area (Å²) in [7, 11) is -3.99. The fourth-order valence-electron chi connectivity index (χ4n) is 5.46. The Hall–Kier alpha value is -3.24. The van der Waals surface area contributed by atoms with E-state index in [1.165, 1.54) is 5.56 Å². The van der Waals surface area contributed by atoms with Gasteiger partial charge in [-0.3, -0.25) is 23.2 Å². The van der Waals surface area contributed by atoms with Gasteiger partial charge in [-0.2, -0.15) is 0 Å². The first-order valence-corrected chi connectivity index (χ1v) is 17.9. The smallest absolute Gasteiger partial charge is 0.475 e. The van der Waals surface area contributed by atoms with E-state index in [4.69, 9.17) is 35.6 Å². The van der Waals surface area contributed by atoms with Crippen LogP contribution in [-0.2, 0) is 24.7 Å². The quantitative estimate of drug-likeness (QED) is 0.0993. The number of hydrogen-bond acceptors (Lipinski definition) is 8. The van der Waals surface area contributed by atoms with E-state index in [-0.39, 0.29) is 36.7 Å². The number of nitrogens with two attached hydrogens (primary N) is 1. The molecule has 12 heteroatoms. The Balaban J connectivity index is 1.33. The molecule has 48 heavy (non-hydrogen) atoms. The summed E-state index contributed by atoms with van der Waals surface area (Å²) in [6, 6.07) is 14.6. The van der Waals surface area contributed by atoms with E-state index in [2.05, 4.69) is 6.07 Å². The lowest BCUT2D eigenvalue weighted by molar-refractivity contribution is -0.0119. The Kier molecular flexibility index (Phi) is 10.5. The van der Waals surface area contributed by atoms with E-state index >= 15 is 0 Å². The second-order valence-corrected chi connectivity index (χ2v) is 16.2. The first-order chi connectivity index (χ1) is 22.4. The van der Waals surface area contributed by atoms with Gasteiger partial charge in [-0.05, 0) is 113 Å². The van der Waals surface area contributed by atoms with Gasteiger partial charge in [0.25, 0.3) is 5.91 Å². The number of Topliss-reactive ketones (excluding diaryl/α,β-unsaturated/α-hetero) is 1. The topological polar surface area (TPSA) is 139 Å². The molecule has 0 aliphatic heterocycles. The average Bonchev–Trinajstić information content (AvgIpc) is 3.76. The molecule has 1 heterocycles. The molecule has 1 aromatic heterocycles. The number of aliphatic hydroxyl groups is 1. The highest BCUT2D eigenvalue weighted by Crippen LogP contribution is 2.55. The largest absolute Gasteiger partial charge is 0.485 e. The summed E-state index contributed by atoms with van der Waals surface area (Å²) < 4.78 is 38.2. The molecule has 5 rings (SSSR count). The number of phosphoric ester groups is 1. The van der Waals surface area contributed by atoms with Crippen LogP contribution in [0.4, 0.5) is 0 Å². The van der Waals surface area contributed by atoms with Crippen LogP contribution in [-0.4, -0.2) is 51.9 Å². The molecule has 1 atom stereocenters. The molecular formula is C36H44ClN2O8P. The van der Waals surface area contributed by atoms with Crippen LogP contribution in [0.2, 0.25) is 5.02 Å². The minimum Gasteiger partial charge on any atom is -0.485 e. The number of aliphatic hydroxyl groups excluding tert-OH is 1. The minimum atomic E-state index is -3.99. The molecule has 1 fully saturated rings. The first kappa shape index (κ1) is 36.1. The maximum Gasteiger partial charge on any atom is 0.475 e. The minimum absolute atomic E-state index is 0.149. The number of hydrogen-bond donors (Lipinski definition) is 2. The maximum atomic E-state index is 13.6. The zero-order chi connectivity index (χ0) is 35.0. The summed E-state index contributed by atoms with van der Waals surface area (Å²) in [5.41, 5.74) is 6.69. The predicted octanol–water partition coefficient (Wildman–Crippen LogP) is 8.19. The fourth-order valence-corrected chi connectivity index (χ4v) is 7.48. The highest BCUT2D eigenvalue weighted by Gasteiger charge is 2.37. The molecule has 4 aromatic rings. The van der Waals surface area contributed by atoms with Gasteiger partial charge < -0.3 is 20.1 Å². The summed E-state index contributed by atoms with van der Waals surface area (Å²) in [4.78, 5) is 25.9. The molecule has 1 amide bonds. The summed E-state index contributed by atoms with van der Waals surface area (Å²) in [5.74, 6) is -0.267. The van der Waals surface area contributed by atoms with E-state index in [1.54, 1.807) is 78.1 Å². The fraction of sp³-hybridized carbons (Fsp3) is 0.444. The normalized spacial score (nSPS) is 14.8. The molecule has 0 radical (unpaired) electrons. The standard InChI is InChI=1S/C36H44ClN2O8P/c1-35(2,3)46-48(43,47-36(4,5)6)45-20-27(40)13-14-39-19-30(28-12-10-23(17-31(28)39)22-7-8-22)32(41)21-44-33-18-24-9-11-26(37)15-25(24)16-29(33)34(38)42/h9-12,15-19,22,27,40H,7-8,13-14,20-21H2,1-6H3,(H2,38,42)/t27-/m1/s1. The molecule has 0 spiro atoms. The van der Waals surface area contributed by atoms with Crippen molar-refractivity contribution in [2.75, 3.05) is 13.2 Å². The summed E-state index contributed by atoms with van der Waals surface area (Å²) in [5, 5.41) is 13.7. The van der Waals surface area contributed by atoms with Crippen molar-refractivity contribution < 1.29 is 37.6 Å². The number of carbonyl (C=O) groups excluding carboxylic acids is 2. The van der Waals surface area contributed by atoms with Crippen molar-refractivity contribution in [3.8, 4) is 5.75 Å². The Morgan fingerprint density at radius 3 is 2.29 bits per heavy atom. The Bertz CT molecular complexity index is 1870. The van der Waals surface area contributed by atoms with Crippen LogP contribution in [0, 0.1) is 0 Å². The molecule has 0 bridgehead atoms. The second-order valence-electron chi connectivity index (χ2n) is 14.3. The lowest BCUT2D eigenvalue weighted by Gasteiger charge is -2.31. The highest BCUT2D eigenvalue weighted by atomic mass is 35.5. The zero-order valence-electron chi connectivity index (χ0n) is 28.2. The van der Waals surface area contributed by atoms with Crippen LogP contribution >= 0.6 is 19.4 Å². The number of ketones is 1. The summed E-state index contributed by atoms with van der Waals surface area (Å²) in [6.07, 6.45) is 3.25. The Morgan fingerprint density at radius 1 is 0.979 bits per heavy atom. The highest BCUT2D eigenvalue weighted by molar-refractivity contribution is 7.48. The van der Waals surface area contributed by atoms with Gasteiger partial charge in [0.2, 0.25) is 5.78 Å². The number of rotatable bonds is 14. The molecule has 1 aliphatic carbocycles. The maximum absolute atomic E-state index is 13.6. The van der Waals surface area contributed by atoms with Crippen LogP contribution < -0.4 is 10.5 Å². The molecular weight excluding hydrogens is 655 g/mol. The van der Waals surface area contributed by atoms with Crippen molar-refractivity contribution in [1.82, 2.24) is 4.57 Å². The lowest BCUT2D eigenvalue weighted by Crippen LogP contribution is -2.26. The van der Waals surface area contributed by atoms with Gasteiger partial charge >= 0.3 is 7.82 Å². The number of amides is 1. The number of aryl methyl sites for hydroxylation is 1. The number of primary amides is 1. The second kappa shape index (κ2) is 13.9. The monoisotopic (exact) mass is 698 g/mol. The number of carbonyl (C=O) groups is 2. The first-order valence-electron chi connectivity index (χ1n) is 16.1. The van der Waals surface area contributed by atoms with Crippen LogP contribution in [0.25, 0.3) is 21.7 Å². The molecule has 3 aromatic carbocycles.